The molecule has 0 aliphatic heterocycles. The molecule has 0 radical (unpaired) electrons. The van der Waals surface area contributed by atoms with Gasteiger partial charge in [-0.15, -0.1) is 0 Å². The summed E-state index contributed by atoms with van der Waals surface area (Å²) in [6.45, 7) is 2.39. The van der Waals surface area contributed by atoms with Crippen LogP contribution in [0, 0.1) is 0 Å². The van der Waals surface area contributed by atoms with Crippen molar-refractivity contribution in [3.63, 3.8) is 0 Å². The SMILES string of the molecule is CC(=O)NCCN(C(C)C(=O)O)S(=O)(=O)Cc1cc(Cl)cc(Cl)c1. The van der Waals surface area contributed by atoms with E-state index in [4.69, 9.17) is 28.3 Å². The molecule has 0 fully saturated rings. The van der Waals surface area contributed by atoms with Crippen molar-refractivity contribution in [3.8, 4) is 0 Å². The van der Waals surface area contributed by atoms with E-state index in [0.717, 1.165) is 4.31 Å². The van der Waals surface area contributed by atoms with Crippen molar-refractivity contribution in [2.24, 2.45) is 0 Å². The number of halogens is 2. The normalized spacial score (nSPS) is 12.9. The highest BCUT2D eigenvalue weighted by Crippen LogP contribution is 2.22. The minimum absolute atomic E-state index is 0.00247. The van der Waals surface area contributed by atoms with Crippen LogP contribution < -0.4 is 5.32 Å². The van der Waals surface area contributed by atoms with Gasteiger partial charge in [-0.3, -0.25) is 9.59 Å². The van der Waals surface area contributed by atoms with Crippen LogP contribution in [0.3, 0.4) is 0 Å². The third-order valence-corrected chi connectivity index (χ3v) is 5.47. The summed E-state index contributed by atoms with van der Waals surface area (Å²) in [5.41, 5.74) is 0.342. The van der Waals surface area contributed by atoms with E-state index in [2.05, 4.69) is 5.32 Å². The van der Waals surface area contributed by atoms with Crippen molar-refractivity contribution in [2.45, 2.75) is 25.6 Å². The molecule has 2 N–H and O–H groups in total. The number of carboxylic acids is 1. The van der Waals surface area contributed by atoms with E-state index in [9.17, 15) is 18.0 Å². The van der Waals surface area contributed by atoms with E-state index < -0.39 is 27.8 Å². The molecular formula is C14H18Cl2N2O5S. The summed E-state index contributed by atoms with van der Waals surface area (Å²) in [6.07, 6.45) is 0. The van der Waals surface area contributed by atoms with Crippen molar-refractivity contribution < 1.29 is 23.1 Å². The number of carbonyl (C=O) groups excluding carboxylic acids is 1. The molecule has 7 nitrogen and oxygen atoms in total. The Balaban J connectivity index is 3.04. The van der Waals surface area contributed by atoms with Crippen LogP contribution in [-0.4, -0.2) is 48.8 Å². The Hall–Kier alpha value is -1.35. The Bertz CT molecular complexity index is 704. The molecule has 134 valence electrons. The van der Waals surface area contributed by atoms with E-state index >= 15 is 0 Å². The molecule has 0 bridgehead atoms. The van der Waals surface area contributed by atoms with Crippen LogP contribution in [0.15, 0.2) is 18.2 Å². The molecule has 1 atom stereocenters. The lowest BCUT2D eigenvalue weighted by Gasteiger charge is -2.26. The smallest absolute Gasteiger partial charge is 0.321 e. The predicted octanol–water partition coefficient (Wildman–Crippen LogP) is 1.73. The molecule has 0 aromatic heterocycles. The fourth-order valence-corrected chi connectivity index (χ4v) is 4.29. The number of rotatable bonds is 8. The molecular weight excluding hydrogens is 379 g/mol. The van der Waals surface area contributed by atoms with Crippen LogP contribution in [0.25, 0.3) is 0 Å². The number of amides is 1. The number of nitrogens with one attached hydrogen (secondary N) is 1. The number of carboxylic acid groups (broad SMARTS) is 1. The molecule has 0 aliphatic rings. The van der Waals surface area contributed by atoms with E-state index in [-0.39, 0.29) is 29.0 Å². The van der Waals surface area contributed by atoms with Crippen LogP contribution in [0.1, 0.15) is 19.4 Å². The van der Waals surface area contributed by atoms with Gasteiger partial charge in [-0.1, -0.05) is 23.2 Å². The zero-order valence-corrected chi connectivity index (χ0v) is 15.5. The molecule has 1 amide bonds. The van der Waals surface area contributed by atoms with Gasteiger partial charge >= 0.3 is 5.97 Å². The van der Waals surface area contributed by atoms with Gasteiger partial charge in [0.15, 0.2) is 0 Å². The van der Waals surface area contributed by atoms with Crippen LogP contribution in [-0.2, 0) is 25.4 Å². The molecule has 0 spiro atoms. The summed E-state index contributed by atoms with van der Waals surface area (Å²) in [5.74, 6) is -2.08. The maximum absolute atomic E-state index is 12.6. The molecule has 10 heteroatoms. The lowest BCUT2D eigenvalue weighted by molar-refractivity contribution is -0.140. The van der Waals surface area contributed by atoms with Crippen LogP contribution >= 0.6 is 23.2 Å². The van der Waals surface area contributed by atoms with Gasteiger partial charge in [-0.2, -0.15) is 4.31 Å². The third kappa shape index (κ3) is 6.27. The first-order chi connectivity index (χ1) is 11.0. The van der Waals surface area contributed by atoms with E-state index in [1.807, 2.05) is 0 Å². The number of aliphatic carboxylic acids is 1. The highest BCUT2D eigenvalue weighted by Gasteiger charge is 2.31. The Morgan fingerprint density at radius 3 is 2.25 bits per heavy atom. The van der Waals surface area contributed by atoms with Crippen LogP contribution in [0.2, 0.25) is 10.0 Å². The summed E-state index contributed by atoms with van der Waals surface area (Å²) in [5, 5.41) is 12.1. The zero-order chi connectivity index (χ0) is 18.5. The largest absolute Gasteiger partial charge is 0.480 e. The number of carbonyl (C=O) groups is 2. The van der Waals surface area contributed by atoms with Gasteiger partial charge in [-0.25, -0.2) is 8.42 Å². The predicted molar refractivity (Wildman–Crippen MR) is 91.6 cm³/mol. The van der Waals surface area contributed by atoms with Gasteiger partial charge in [0.25, 0.3) is 0 Å². The van der Waals surface area contributed by atoms with Gasteiger partial charge in [-0.05, 0) is 30.7 Å². The topological polar surface area (TPSA) is 104 Å². The lowest BCUT2D eigenvalue weighted by atomic mass is 10.2. The Labute approximate surface area is 150 Å². The maximum atomic E-state index is 12.6. The van der Waals surface area contributed by atoms with Gasteiger partial charge in [0.05, 0.1) is 5.75 Å². The quantitative estimate of drug-likeness (QED) is 0.696. The summed E-state index contributed by atoms with van der Waals surface area (Å²) in [6, 6.07) is 3.08. The van der Waals surface area contributed by atoms with Crippen LogP contribution in [0.4, 0.5) is 0 Å². The zero-order valence-electron chi connectivity index (χ0n) is 13.1. The van der Waals surface area contributed by atoms with Gasteiger partial charge in [0, 0.05) is 30.1 Å². The molecule has 0 saturated carbocycles. The number of hydrogen-bond donors (Lipinski definition) is 2. The fraction of sp³-hybridized carbons (Fsp3) is 0.429. The summed E-state index contributed by atoms with van der Waals surface area (Å²) >= 11 is 11.7. The van der Waals surface area contributed by atoms with Crippen molar-refractivity contribution >= 4 is 45.1 Å². The number of nitrogens with zero attached hydrogens (tertiary/aromatic N) is 1. The molecule has 1 rings (SSSR count). The molecule has 1 aromatic carbocycles. The minimum atomic E-state index is -3.97. The lowest BCUT2D eigenvalue weighted by Crippen LogP contribution is -2.47. The number of sulfonamides is 1. The summed E-state index contributed by atoms with van der Waals surface area (Å²) in [4.78, 5) is 22.1. The second-order valence-electron chi connectivity index (χ2n) is 5.14. The Kier molecular flexibility index (Phi) is 7.47. The van der Waals surface area contributed by atoms with Gasteiger partial charge in [0.2, 0.25) is 15.9 Å². The second kappa shape index (κ2) is 8.66. The van der Waals surface area contributed by atoms with Crippen molar-refractivity contribution in [1.82, 2.24) is 9.62 Å². The average Bonchev–Trinajstić information content (AvgIpc) is 2.40. The summed E-state index contributed by atoms with van der Waals surface area (Å²) in [7, 11) is -3.97. The molecule has 24 heavy (non-hydrogen) atoms. The Morgan fingerprint density at radius 2 is 1.79 bits per heavy atom. The molecule has 1 aromatic rings. The highest BCUT2D eigenvalue weighted by molar-refractivity contribution is 7.88. The number of benzene rings is 1. The first kappa shape index (κ1) is 20.7. The monoisotopic (exact) mass is 396 g/mol. The van der Waals surface area contributed by atoms with E-state index in [0.29, 0.717) is 5.56 Å². The second-order valence-corrected chi connectivity index (χ2v) is 7.94. The standard InChI is InChI=1S/C14H18Cl2N2O5S/c1-9(14(20)21)18(4-3-17-10(2)19)24(22,23)8-11-5-12(15)7-13(16)6-11/h5-7,9H,3-4,8H2,1-2H3,(H,17,19)(H,20,21). The molecule has 0 heterocycles. The van der Waals surface area contributed by atoms with Gasteiger partial charge in [0.1, 0.15) is 6.04 Å². The first-order valence-corrected chi connectivity index (χ1v) is 9.31. The van der Waals surface area contributed by atoms with Crippen LogP contribution in [0.5, 0.6) is 0 Å². The fourth-order valence-electron chi connectivity index (χ4n) is 2.03. The first-order valence-electron chi connectivity index (χ1n) is 6.94. The van der Waals surface area contributed by atoms with Crippen molar-refractivity contribution in [1.29, 1.82) is 0 Å². The maximum Gasteiger partial charge on any atom is 0.321 e. The highest BCUT2D eigenvalue weighted by atomic mass is 35.5. The van der Waals surface area contributed by atoms with Crippen molar-refractivity contribution in [3.05, 3.63) is 33.8 Å². The average molecular weight is 397 g/mol. The summed E-state index contributed by atoms with van der Waals surface area (Å²) < 4.78 is 26.0. The molecule has 1 unspecified atom stereocenters. The van der Waals surface area contributed by atoms with E-state index in [1.54, 1.807) is 0 Å². The minimum Gasteiger partial charge on any atom is -0.480 e. The number of hydrogen-bond acceptors (Lipinski definition) is 4. The van der Waals surface area contributed by atoms with Gasteiger partial charge < -0.3 is 10.4 Å². The molecule has 0 aliphatic carbocycles. The van der Waals surface area contributed by atoms with Crippen molar-refractivity contribution in [2.75, 3.05) is 13.1 Å². The van der Waals surface area contributed by atoms with E-state index in [1.165, 1.54) is 32.0 Å². The molecule has 0 saturated heterocycles. The third-order valence-electron chi connectivity index (χ3n) is 3.12. The Morgan fingerprint density at radius 1 is 1.25 bits per heavy atom.